The molecule has 1 aliphatic carbocycles. The molecule has 3 atom stereocenters. The molecular weight excluding hydrogens is 352 g/mol. The van der Waals surface area contributed by atoms with Gasteiger partial charge in [-0.25, -0.2) is 0 Å². The number of amides is 1. The molecule has 0 radical (unpaired) electrons. The topological polar surface area (TPSA) is 96.3 Å². The SMILES string of the molecule is C[C@H]1[C@@H](NC(=S)NNC(=O)/C=C/c2ccccc2[N+](=O)[O-])CCC[C@@H]1C. The van der Waals surface area contributed by atoms with E-state index in [4.69, 9.17) is 12.2 Å². The third-order valence-electron chi connectivity index (χ3n) is 4.87. The second-order valence-corrected chi connectivity index (χ2v) is 7.02. The number of carbonyl (C=O) groups is 1. The maximum absolute atomic E-state index is 11.9. The minimum atomic E-state index is -0.485. The molecule has 1 aromatic carbocycles. The van der Waals surface area contributed by atoms with Gasteiger partial charge in [-0.3, -0.25) is 25.8 Å². The van der Waals surface area contributed by atoms with Crippen molar-refractivity contribution in [3.8, 4) is 0 Å². The fourth-order valence-corrected chi connectivity index (χ4v) is 3.31. The standard InChI is InChI=1S/C18H24N4O3S/c1-12-6-5-8-15(13(12)2)19-18(26)21-20-17(23)11-10-14-7-3-4-9-16(14)22(24)25/h3-4,7,9-13,15H,5-6,8H2,1-2H3,(H,20,23)(H2,19,21,26)/b11-10+/t12-,13+,15-/m0/s1. The average molecular weight is 376 g/mol. The predicted molar refractivity (Wildman–Crippen MR) is 105 cm³/mol. The average Bonchev–Trinajstić information content (AvgIpc) is 2.62. The largest absolute Gasteiger partial charge is 0.358 e. The van der Waals surface area contributed by atoms with E-state index in [9.17, 15) is 14.9 Å². The molecule has 2 rings (SSSR count). The van der Waals surface area contributed by atoms with Crippen LogP contribution in [0.25, 0.3) is 6.08 Å². The molecule has 0 unspecified atom stereocenters. The number of thiocarbonyl (C=S) groups is 1. The Kier molecular flexibility index (Phi) is 7.08. The second-order valence-electron chi connectivity index (χ2n) is 6.61. The van der Waals surface area contributed by atoms with Crippen molar-refractivity contribution < 1.29 is 9.72 Å². The molecule has 1 aromatic rings. The minimum absolute atomic E-state index is 0.0536. The van der Waals surface area contributed by atoms with E-state index in [1.54, 1.807) is 18.2 Å². The number of para-hydroxylation sites is 1. The highest BCUT2D eigenvalue weighted by atomic mass is 32.1. The summed E-state index contributed by atoms with van der Waals surface area (Å²) >= 11 is 5.23. The van der Waals surface area contributed by atoms with Gasteiger partial charge < -0.3 is 5.32 Å². The van der Waals surface area contributed by atoms with Crippen LogP contribution in [0.3, 0.4) is 0 Å². The molecule has 0 heterocycles. The van der Waals surface area contributed by atoms with Crippen LogP contribution in [-0.4, -0.2) is 22.0 Å². The quantitative estimate of drug-likeness (QED) is 0.324. The number of nitrogens with zero attached hydrogens (tertiary/aromatic N) is 1. The van der Waals surface area contributed by atoms with Gasteiger partial charge in [0, 0.05) is 18.2 Å². The van der Waals surface area contributed by atoms with Crippen LogP contribution in [0.2, 0.25) is 0 Å². The second kappa shape index (κ2) is 9.28. The lowest BCUT2D eigenvalue weighted by atomic mass is 9.78. The molecule has 1 amide bonds. The Morgan fingerprint density at radius 3 is 2.73 bits per heavy atom. The van der Waals surface area contributed by atoms with Crippen molar-refractivity contribution in [2.24, 2.45) is 11.8 Å². The fraction of sp³-hybridized carbons (Fsp3) is 0.444. The highest BCUT2D eigenvalue weighted by Gasteiger charge is 2.27. The zero-order valence-electron chi connectivity index (χ0n) is 14.9. The van der Waals surface area contributed by atoms with Crippen molar-refractivity contribution in [3.63, 3.8) is 0 Å². The number of nitro benzene ring substituents is 1. The zero-order valence-corrected chi connectivity index (χ0v) is 15.7. The molecule has 0 aliphatic heterocycles. The molecule has 3 N–H and O–H groups in total. The summed E-state index contributed by atoms with van der Waals surface area (Å²) in [7, 11) is 0. The summed E-state index contributed by atoms with van der Waals surface area (Å²) in [4.78, 5) is 22.4. The van der Waals surface area contributed by atoms with Crippen LogP contribution in [0, 0.1) is 22.0 Å². The Bertz CT molecular complexity index is 707. The molecule has 1 fully saturated rings. The molecule has 0 bridgehead atoms. The number of hydrazine groups is 1. The van der Waals surface area contributed by atoms with E-state index in [0.717, 1.165) is 12.8 Å². The maximum atomic E-state index is 11.9. The van der Waals surface area contributed by atoms with Crippen molar-refractivity contribution in [3.05, 3.63) is 46.0 Å². The van der Waals surface area contributed by atoms with Gasteiger partial charge in [0.25, 0.3) is 11.6 Å². The molecule has 7 nitrogen and oxygen atoms in total. The summed E-state index contributed by atoms with van der Waals surface area (Å²) in [5.74, 6) is 0.707. The van der Waals surface area contributed by atoms with Gasteiger partial charge in [-0.1, -0.05) is 38.8 Å². The van der Waals surface area contributed by atoms with Crippen LogP contribution in [-0.2, 0) is 4.79 Å². The lowest BCUT2D eigenvalue weighted by molar-refractivity contribution is -0.385. The van der Waals surface area contributed by atoms with Crippen LogP contribution in [0.4, 0.5) is 5.69 Å². The first-order valence-corrected chi connectivity index (χ1v) is 9.07. The number of hydrogen-bond donors (Lipinski definition) is 3. The monoisotopic (exact) mass is 376 g/mol. The van der Waals surface area contributed by atoms with Crippen LogP contribution < -0.4 is 16.2 Å². The Hall–Kier alpha value is -2.48. The number of benzene rings is 1. The van der Waals surface area contributed by atoms with E-state index in [2.05, 4.69) is 30.0 Å². The molecule has 0 aromatic heterocycles. The fourth-order valence-electron chi connectivity index (χ4n) is 3.11. The molecule has 26 heavy (non-hydrogen) atoms. The third-order valence-corrected chi connectivity index (χ3v) is 5.09. The Labute approximate surface area is 158 Å². The Morgan fingerprint density at radius 1 is 1.27 bits per heavy atom. The lowest BCUT2D eigenvalue weighted by Crippen LogP contribution is -2.52. The normalized spacial score (nSPS) is 22.6. The predicted octanol–water partition coefficient (Wildman–Crippen LogP) is 2.93. The van der Waals surface area contributed by atoms with Crippen molar-refractivity contribution in [2.45, 2.75) is 39.2 Å². The van der Waals surface area contributed by atoms with Gasteiger partial charge in [-0.2, -0.15) is 0 Å². The molecule has 1 saturated carbocycles. The molecule has 1 aliphatic rings. The third kappa shape index (κ3) is 5.52. The zero-order chi connectivity index (χ0) is 19.1. The van der Waals surface area contributed by atoms with Crippen LogP contribution in [0.15, 0.2) is 30.3 Å². The molecule has 0 spiro atoms. The first kappa shape index (κ1) is 19.8. The first-order valence-electron chi connectivity index (χ1n) is 8.66. The van der Waals surface area contributed by atoms with Gasteiger partial charge in [0.1, 0.15) is 0 Å². The number of nitrogens with one attached hydrogen (secondary N) is 3. The van der Waals surface area contributed by atoms with Gasteiger partial charge in [0.05, 0.1) is 10.5 Å². The highest BCUT2D eigenvalue weighted by Crippen LogP contribution is 2.29. The summed E-state index contributed by atoms with van der Waals surface area (Å²) in [6, 6.07) is 6.51. The van der Waals surface area contributed by atoms with E-state index in [-0.39, 0.29) is 11.7 Å². The van der Waals surface area contributed by atoms with Crippen molar-refractivity contribution in [1.82, 2.24) is 16.2 Å². The summed E-state index contributed by atoms with van der Waals surface area (Å²) < 4.78 is 0. The van der Waals surface area contributed by atoms with E-state index in [0.29, 0.717) is 22.5 Å². The van der Waals surface area contributed by atoms with Crippen molar-refractivity contribution in [1.29, 1.82) is 0 Å². The Morgan fingerprint density at radius 2 is 2.00 bits per heavy atom. The molecule has 0 saturated heterocycles. The lowest BCUT2D eigenvalue weighted by Gasteiger charge is -2.35. The highest BCUT2D eigenvalue weighted by molar-refractivity contribution is 7.80. The maximum Gasteiger partial charge on any atom is 0.276 e. The van der Waals surface area contributed by atoms with Crippen LogP contribution >= 0.6 is 12.2 Å². The van der Waals surface area contributed by atoms with E-state index in [1.165, 1.54) is 24.6 Å². The van der Waals surface area contributed by atoms with Gasteiger partial charge >= 0.3 is 0 Å². The summed E-state index contributed by atoms with van der Waals surface area (Å²) in [6.07, 6.45) is 6.07. The number of hydrogen-bond acceptors (Lipinski definition) is 4. The first-order chi connectivity index (χ1) is 12.4. The molecular formula is C18H24N4O3S. The number of rotatable bonds is 4. The van der Waals surface area contributed by atoms with E-state index < -0.39 is 10.8 Å². The van der Waals surface area contributed by atoms with Crippen molar-refractivity contribution in [2.75, 3.05) is 0 Å². The van der Waals surface area contributed by atoms with E-state index in [1.807, 2.05) is 0 Å². The number of nitro groups is 1. The van der Waals surface area contributed by atoms with E-state index >= 15 is 0 Å². The summed E-state index contributed by atoms with van der Waals surface area (Å²) in [5.41, 5.74) is 5.45. The van der Waals surface area contributed by atoms with Gasteiger partial charge in [0.2, 0.25) is 0 Å². The Balaban J connectivity index is 1.83. The van der Waals surface area contributed by atoms with Crippen LogP contribution in [0.1, 0.15) is 38.7 Å². The van der Waals surface area contributed by atoms with Crippen molar-refractivity contribution >= 4 is 35.0 Å². The van der Waals surface area contributed by atoms with Gasteiger partial charge in [-0.15, -0.1) is 0 Å². The smallest absolute Gasteiger partial charge is 0.276 e. The minimum Gasteiger partial charge on any atom is -0.358 e. The summed E-state index contributed by atoms with van der Waals surface area (Å²) in [6.45, 7) is 4.45. The molecule has 140 valence electrons. The van der Waals surface area contributed by atoms with Crippen LogP contribution in [0.5, 0.6) is 0 Å². The van der Waals surface area contributed by atoms with Gasteiger partial charge in [-0.05, 0) is 42.6 Å². The molecule has 8 heteroatoms. The number of carbonyl (C=O) groups excluding carboxylic acids is 1. The summed E-state index contributed by atoms with van der Waals surface area (Å²) in [5, 5.41) is 14.6. The van der Waals surface area contributed by atoms with Gasteiger partial charge in [0.15, 0.2) is 5.11 Å².